The van der Waals surface area contributed by atoms with Crippen molar-refractivity contribution in [2.45, 2.75) is 13.2 Å². The summed E-state index contributed by atoms with van der Waals surface area (Å²) < 4.78 is 6.38. The van der Waals surface area contributed by atoms with Gasteiger partial charge in [0.15, 0.2) is 0 Å². The van der Waals surface area contributed by atoms with E-state index in [1.54, 1.807) is 0 Å². The van der Waals surface area contributed by atoms with Crippen molar-refractivity contribution in [3.05, 3.63) is 108 Å². The second-order valence-corrected chi connectivity index (χ2v) is 7.74. The lowest BCUT2D eigenvalue weighted by Gasteiger charge is -2.14. The summed E-state index contributed by atoms with van der Waals surface area (Å²) in [4.78, 5) is 9.65. The van der Waals surface area contributed by atoms with Gasteiger partial charge in [-0.05, 0) is 35.4 Å². The number of fused-ring (bicyclic) bond motifs is 4. The van der Waals surface area contributed by atoms with E-state index in [1.165, 1.54) is 11.1 Å². The van der Waals surface area contributed by atoms with Crippen LogP contribution in [0.2, 0.25) is 0 Å². The monoisotopic (exact) mass is 400 g/mol. The van der Waals surface area contributed by atoms with Crippen LogP contribution in [0.1, 0.15) is 11.1 Å². The Hall–Kier alpha value is -3.82. The second-order valence-electron chi connectivity index (χ2n) is 7.74. The van der Waals surface area contributed by atoms with Crippen LogP contribution in [-0.2, 0) is 18.0 Å². The molecule has 0 bridgehead atoms. The summed E-state index contributed by atoms with van der Waals surface area (Å²) in [6.07, 6.45) is 0. The summed E-state index contributed by atoms with van der Waals surface area (Å²) in [5, 5.41) is 4.58. The van der Waals surface area contributed by atoms with Crippen LogP contribution < -0.4 is 0 Å². The van der Waals surface area contributed by atoms with Gasteiger partial charge in [-0.1, -0.05) is 72.8 Å². The molecule has 4 aromatic carbocycles. The van der Waals surface area contributed by atoms with Gasteiger partial charge < -0.3 is 4.74 Å². The van der Waals surface area contributed by atoms with Gasteiger partial charge in [-0.2, -0.15) is 0 Å². The molecule has 3 nitrogen and oxygen atoms in total. The predicted octanol–water partition coefficient (Wildman–Crippen LogP) is 6.81. The molecule has 0 spiro atoms. The molecule has 0 saturated heterocycles. The molecule has 0 aliphatic heterocycles. The standard InChI is InChI=1S/C28H20N2O/c1-5-13-25-19(9-1)23(20-10-2-6-14-26(20)29-25)17-31-18-24-21-11-3-7-15-27(21)30-28-16-8-4-12-22(24)28/h1-16H,17-18H2. The molecule has 6 aromatic rings. The van der Waals surface area contributed by atoms with E-state index in [1.807, 2.05) is 24.3 Å². The van der Waals surface area contributed by atoms with E-state index < -0.39 is 0 Å². The average molecular weight is 400 g/mol. The van der Waals surface area contributed by atoms with Crippen LogP contribution in [0.25, 0.3) is 43.6 Å². The Labute approximate surface area is 179 Å². The zero-order chi connectivity index (χ0) is 20.6. The van der Waals surface area contributed by atoms with Gasteiger partial charge in [0.05, 0.1) is 35.3 Å². The Kier molecular flexibility index (Phi) is 4.33. The van der Waals surface area contributed by atoms with E-state index in [-0.39, 0.29) is 0 Å². The van der Waals surface area contributed by atoms with Crippen molar-refractivity contribution in [3.63, 3.8) is 0 Å². The smallest absolute Gasteiger partial charge is 0.0734 e. The van der Waals surface area contributed by atoms with Gasteiger partial charge in [-0.3, -0.25) is 0 Å². The van der Waals surface area contributed by atoms with Crippen molar-refractivity contribution in [1.29, 1.82) is 0 Å². The molecule has 0 aliphatic carbocycles. The molecular formula is C28H20N2O. The van der Waals surface area contributed by atoms with Crippen molar-refractivity contribution in [1.82, 2.24) is 9.97 Å². The summed E-state index contributed by atoms with van der Waals surface area (Å²) in [7, 11) is 0. The fraction of sp³-hybridized carbons (Fsp3) is 0.0714. The van der Waals surface area contributed by atoms with E-state index in [0.717, 1.165) is 43.6 Å². The Morgan fingerprint density at radius 3 is 1.03 bits per heavy atom. The van der Waals surface area contributed by atoms with Crippen LogP contribution in [0.4, 0.5) is 0 Å². The Bertz CT molecular complexity index is 1350. The number of benzene rings is 4. The summed E-state index contributed by atoms with van der Waals surface area (Å²) in [5.41, 5.74) is 6.37. The largest absolute Gasteiger partial charge is 0.372 e. The number of pyridine rings is 2. The van der Waals surface area contributed by atoms with Gasteiger partial charge >= 0.3 is 0 Å². The molecule has 0 saturated carbocycles. The number of hydrogen-bond donors (Lipinski definition) is 0. The summed E-state index contributed by atoms with van der Waals surface area (Å²) in [5.74, 6) is 0. The fourth-order valence-corrected chi connectivity index (χ4v) is 4.42. The fourth-order valence-electron chi connectivity index (χ4n) is 4.42. The van der Waals surface area contributed by atoms with Crippen molar-refractivity contribution in [2.24, 2.45) is 0 Å². The molecule has 0 unspecified atom stereocenters. The Morgan fingerprint density at radius 1 is 0.419 bits per heavy atom. The first-order valence-corrected chi connectivity index (χ1v) is 10.5. The van der Waals surface area contributed by atoms with Crippen molar-refractivity contribution in [3.8, 4) is 0 Å². The number of rotatable bonds is 4. The third kappa shape index (κ3) is 3.11. The van der Waals surface area contributed by atoms with Gasteiger partial charge in [-0.25, -0.2) is 9.97 Å². The third-order valence-electron chi connectivity index (χ3n) is 5.89. The first-order valence-electron chi connectivity index (χ1n) is 10.5. The average Bonchev–Trinajstić information content (AvgIpc) is 2.83. The lowest BCUT2D eigenvalue weighted by molar-refractivity contribution is 0.110. The van der Waals surface area contributed by atoms with Crippen molar-refractivity contribution in [2.75, 3.05) is 0 Å². The number of nitrogens with zero attached hydrogens (tertiary/aromatic N) is 2. The van der Waals surface area contributed by atoms with Gasteiger partial charge in [0, 0.05) is 21.5 Å². The molecule has 0 fully saturated rings. The van der Waals surface area contributed by atoms with Crippen LogP contribution in [0.5, 0.6) is 0 Å². The predicted molar refractivity (Wildman–Crippen MR) is 127 cm³/mol. The molecule has 2 heterocycles. The second kappa shape index (κ2) is 7.46. The summed E-state index contributed by atoms with van der Waals surface area (Å²) >= 11 is 0. The van der Waals surface area contributed by atoms with Crippen LogP contribution >= 0.6 is 0 Å². The highest BCUT2D eigenvalue weighted by Gasteiger charge is 2.12. The number of ether oxygens (including phenoxy) is 1. The lowest BCUT2D eigenvalue weighted by Crippen LogP contribution is -2.00. The van der Waals surface area contributed by atoms with Crippen LogP contribution in [-0.4, -0.2) is 9.97 Å². The van der Waals surface area contributed by atoms with Gasteiger partial charge in [0.1, 0.15) is 0 Å². The summed E-state index contributed by atoms with van der Waals surface area (Å²) in [6, 6.07) is 33.2. The molecule has 3 heteroatoms. The minimum Gasteiger partial charge on any atom is -0.372 e. The summed E-state index contributed by atoms with van der Waals surface area (Å²) in [6.45, 7) is 1.04. The molecule has 2 aromatic heterocycles. The van der Waals surface area contributed by atoms with Crippen LogP contribution in [0.15, 0.2) is 97.1 Å². The van der Waals surface area contributed by atoms with E-state index in [2.05, 4.69) is 72.8 Å². The topological polar surface area (TPSA) is 35.0 Å². The molecular weight excluding hydrogens is 380 g/mol. The molecule has 31 heavy (non-hydrogen) atoms. The third-order valence-corrected chi connectivity index (χ3v) is 5.89. The molecule has 148 valence electrons. The van der Waals surface area contributed by atoms with Crippen molar-refractivity contribution < 1.29 is 4.74 Å². The Morgan fingerprint density at radius 2 is 0.710 bits per heavy atom. The highest BCUT2D eigenvalue weighted by atomic mass is 16.5. The minimum atomic E-state index is 0.522. The first kappa shape index (κ1) is 18.0. The highest BCUT2D eigenvalue weighted by Crippen LogP contribution is 2.29. The van der Waals surface area contributed by atoms with Crippen molar-refractivity contribution >= 4 is 43.6 Å². The molecule has 0 atom stereocenters. The molecule has 0 aliphatic rings. The lowest BCUT2D eigenvalue weighted by atomic mass is 10.0. The highest BCUT2D eigenvalue weighted by molar-refractivity contribution is 5.98. The van der Waals surface area contributed by atoms with E-state index >= 15 is 0 Å². The van der Waals surface area contributed by atoms with Gasteiger partial charge in [-0.15, -0.1) is 0 Å². The van der Waals surface area contributed by atoms with Crippen LogP contribution in [0.3, 0.4) is 0 Å². The maximum atomic E-state index is 6.38. The van der Waals surface area contributed by atoms with E-state index in [0.29, 0.717) is 13.2 Å². The maximum absolute atomic E-state index is 6.38. The molecule has 0 radical (unpaired) electrons. The maximum Gasteiger partial charge on any atom is 0.0734 e. The van der Waals surface area contributed by atoms with E-state index in [4.69, 9.17) is 14.7 Å². The number of hydrogen-bond acceptors (Lipinski definition) is 3. The van der Waals surface area contributed by atoms with Crippen LogP contribution in [0, 0.1) is 0 Å². The normalized spacial score (nSPS) is 11.6. The Balaban J connectivity index is 1.43. The minimum absolute atomic E-state index is 0.522. The molecule has 0 N–H and O–H groups in total. The zero-order valence-corrected chi connectivity index (χ0v) is 17.0. The molecule has 6 rings (SSSR count). The number of aromatic nitrogens is 2. The van der Waals surface area contributed by atoms with Gasteiger partial charge in [0.25, 0.3) is 0 Å². The molecule has 0 amide bonds. The quantitative estimate of drug-likeness (QED) is 0.305. The van der Waals surface area contributed by atoms with Gasteiger partial charge in [0.2, 0.25) is 0 Å². The SMILES string of the molecule is c1ccc2c(COCc3c4ccccc4nc4ccccc34)c3ccccc3nc2c1. The van der Waals surface area contributed by atoms with E-state index in [9.17, 15) is 0 Å². The number of para-hydroxylation sites is 4. The first-order chi connectivity index (χ1) is 15.4. The zero-order valence-electron chi connectivity index (χ0n) is 17.0.